The second kappa shape index (κ2) is 11.2. The zero-order valence-corrected chi connectivity index (χ0v) is 18.8. The second-order valence-electron chi connectivity index (χ2n) is 5.68. The van der Waals surface area contributed by atoms with Crippen molar-refractivity contribution in [1.29, 1.82) is 0 Å². The van der Waals surface area contributed by atoms with Crippen LogP contribution in [0.5, 0.6) is 0 Å². The van der Waals surface area contributed by atoms with E-state index in [0.717, 1.165) is 29.1 Å². The van der Waals surface area contributed by atoms with Gasteiger partial charge in [-0.1, -0.05) is 46.3 Å². The summed E-state index contributed by atoms with van der Waals surface area (Å²) in [7, 11) is 2.01. The largest absolute Gasteiger partial charge is 0.366 e. The van der Waals surface area contributed by atoms with Gasteiger partial charge in [-0.05, 0) is 36.2 Å². The topological polar surface area (TPSA) is 70.7 Å². The number of hydrogen-bond donors (Lipinski definition) is 2. The number of amides is 1. The predicted molar refractivity (Wildman–Crippen MR) is 121 cm³/mol. The van der Waals surface area contributed by atoms with E-state index in [-0.39, 0.29) is 24.0 Å². The first-order chi connectivity index (χ1) is 12.0. The van der Waals surface area contributed by atoms with Gasteiger partial charge in [-0.3, -0.25) is 4.79 Å². The van der Waals surface area contributed by atoms with Crippen molar-refractivity contribution < 1.29 is 4.79 Å². The average Bonchev–Trinajstić information content (AvgIpc) is 2.60. The van der Waals surface area contributed by atoms with Gasteiger partial charge in [0.2, 0.25) is 5.91 Å². The molecular weight excluding hydrogens is 507 g/mol. The number of nitrogens with zero attached hydrogens (tertiary/aromatic N) is 2. The maximum absolute atomic E-state index is 11.1. The summed E-state index contributed by atoms with van der Waals surface area (Å²) >= 11 is 3.58. The molecule has 0 aliphatic rings. The first kappa shape index (κ1) is 22.4. The van der Waals surface area contributed by atoms with Crippen molar-refractivity contribution >= 4 is 51.8 Å². The molecule has 7 heteroatoms. The summed E-state index contributed by atoms with van der Waals surface area (Å²) in [5.41, 5.74) is 7.99. The number of nitrogens with two attached hydrogens (primary N) is 1. The summed E-state index contributed by atoms with van der Waals surface area (Å²) in [6.45, 7) is 4.11. The van der Waals surface area contributed by atoms with Crippen molar-refractivity contribution in [2.24, 2.45) is 10.7 Å². The first-order valence-corrected chi connectivity index (χ1v) is 8.92. The van der Waals surface area contributed by atoms with Gasteiger partial charge in [0.05, 0.1) is 6.54 Å². The number of aliphatic imine (C=N–C) groups is 1. The standard InChI is InChI=1S/C19H23BrN4O.HI/c1-3-22-19(24(2)13-16-6-4-5-7-17(16)20)23-12-14-8-10-15(11-9-14)18(21)25;/h4-11H,3,12-13H2,1-2H3,(H2,21,25)(H,22,23);1H. The van der Waals surface area contributed by atoms with Crippen molar-refractivity contribution in [3.8, 4) is 0 Å². The molecule has 2 rings (SSSR count). The molecule has 2 aromatic rings. The Labute approximate surface area is 180 Å². The lowest BCUT2D eigenvalue weighted by molar-refractivity contribution is 0.100. The Morgan fingerprint density at radius 3 is 2.42 bits per heavy atom. The van der Waals surface area contributed by atoms with Crippen molar-refractivity contribution in [3.63, 3.8) is 0 Å². The van der Waals surface area contributed by atoms with Crippen LogP contribution >= 0.6 is 39.9 Å². The van der Waals surface area contributed by atoms with Crippen LogP contribution in [0.15, 0.2) is 58.0 Å². The van der Waals surface area contributed by atoms with Crippen LogP contribution in [0.1, 0.15) is 28.4 Å². The van der Waals surface area contributed by atoms with Gasteiger partial charge in [0.25, 0.3) is 0 Å². The monoisotopic (exact) mass is 530 g/mol. The maximum atomic E-state index is 11.1. The van der Waals surface area contributed by atoms with E-state index < -0.39 is 5.91 Å². The Kier molecular flexibility index (Phi) is 9.64. The van der Waals surface area contributed by atoms with Gasteiger partial charge in [-0.25, -0.2) is 4.99 Å². The second-order valence-corrected chi connectivity index (χ2v) is 6.53. The van der Waals surface area contributed by atoms with Gasteiger partial charge in [0.15, 0.2) is 5.96 Å². The van der Waals surface area contributed by atoms with Gasteiger partial charge in [-0.15, -0.1) is 24.0 Å². The minimum absolute atomic E-state index is 0. The molecule has 5 nitrogen and oxygen atoms in total. The minimum Gasteiger partial charge on any atom is -0.366 e. The van der Waals surface area contributed by atoms with Gasteiger partial charge < -0.3 is 16.0 Å². The van der Waals surface area contributed by atoms with Crippen LogP contribution in [-0.4, -0.2) is 30.4 Å². The number of primary amides is 1. The van der Waals surface area contributed by atoms with E-state index in [1.807, 2.05) is 44.3 Å². The fourth-order valence-corrected chi connectivity index (χ4v) is 2.78. The molecule has 0 fully saturated rings. The molecule has 0 atom stereocenters. The van der Waals surface area contributed by atoms with Gasteiger partial charge in [0, 0.05) is 30.2 Å². The summed E-state index contributed by atoms with van der Waals surface area (Å²) in [4.78, 5) is 17.9. The molecule has 3 N–H and O–H groups in total. The van der Waals surface area contributed by atoms with Crippen LogP contribution in [0.25, 0.3) is 0 Å². The zero-order valence-electron chi connectivity index (χ0n) is 14.9. The maximum Gasteiger partial charge on any atom is 0.248 e. The minimum atomic E-state index is -0.420. The number of rotatable bonds is 6. The van der Waals surface area contributed by atoms with E-state index in [0.29, 0.717) is 12.1 Å². The van der Waals surface area contributed by atoms with Crippen molar-refractivity contribution in [1.82, 2.24) is 10.2 Å². The highest BCUT2D eigenvalue weighted by molar-refractivity contribution is 14.0. The smallest absolute Gasteiger partial charge is 0.248 e. The van der Waals surface area contributed by atoms with Crippen LogP contribution < -0.4 is 11.1 Å². The normalized spacial score (nSPS) is 10.8. The highest BCUT2D eigenvalue weighted by Crippen LogP contribution is 2.17. The zero-order chi connectivity index (χ0) is 18.2. The van der Waals surface area contributed by atoms with E-state index in [4.69, 9.17) is 5.73 Å². The molecule has 0 aliphatic carbocycles. The third-order valence-corrected chi connectivity index (χ3v) is 4.49. The van der Waals surface area contributed by atoms with E-state index in [2.05, 4.69) is 37.2 Å². The highest BCUT2D eigenvalue weighted by Gasteiger charge is 2.08. The number of nitrogens with one attached hydrogen (secondary N) is 1. The van der Waals surface area contributed by atoms with Crippen LogP contribution in [-0.2, 0) is 13.1 Å². The molecule has 140 valence electrons. The first-order valence-electron chi connectivity index (χ1n) is 8.13. The fourth-order valence-electron chi connectivity index (χ4n) is 2.37. The molecule has 0 radical (unpaired) electrons. The summed E-state index contributed by atoms with van der Waals surface area (Å²) in [6.07, 6.45) is 0. The molecule has 26 heavy (non-hydrogen) atoms. The van der Waals surface area contributed by atoms with Gasteiger partial charge in [-0.2, -0.15) is 0 Å². The average molecular weight is 531 g/mol. The molecule has 0 unspecified atom stereocenters. The molecule has 0 aliphatic heterocycles. The highest BCUT2D eigenvalue weighted by atomic mass is 127. The Balaban J connectivity index is 0.00000338. The Bertz CT molecular complexity index is 749. The quantitative estimate of drug-likeness (QED) is 0.339. The summed E-state index contributed by atoms with van der Waals surface area (Å²) < 4.78 is 1.08. The molecule has 2 aromatic carbocycles. The number of guanidine groups is 1. The van der Waals surface area contributed by atoms with Gasteiger partial charge in [0.1, 0.15) is 0 Å². The van der Waals surface area contributed by atoms with Crippen LogP contribution in [0.2, 0.25) is 0 Å². The SMILES string of the molecule is CCNC(=NCc1ccc(C(N)=O)cc1)N(C)Cc1ccccc1Br.I. The number of halogens is 2. The number of hydrogen-bond acceptors (Lipinski definition) is 2. The lowest BCUT2D eigenvalue weighted by Crippen LogP contribution is -2.38. The van der Waals surface area contributed by atoms with Crippen LogP contribution in [0.3, 0.4) is 0 Å². The number of benzene rings is 2. The fraction of sp³-hybridized carbons (Fsp3) is 0.263. The Morgan fingerprint density at radius 1 is 1.19 bits per heavy atom. The van der Waals surface area contributed by atoms with E-state index >= 15 is 0 Å². The van der Waals surface area contributed by atoms with E-state index in [1.165, 1.54) is 5.56 Å². The molecular formula is C19H24BrIN4O. The summed E-state index contributed by atoms with van der Waals surface area (Å²) in [5.74, 6) is 0.411. The lowest BCUT2D eigenvalue weighted by atomic mass is 10.1. The molecule has 0 spiro atoms. The Morgan fingerprint density at radius 2 is 1.85 bits per heavy atom. The van der Waals surface area contributed by atoms with Crippen LogP contribution in [0, 0.1) is 0 Å². The van der Waals surface area contributed by atoms with Crippen LogP contribution in [0.4, 0.5) is 0 Å². The number of carbonyl (C=O) groups is 1. The van der Waals surface area contributed by atoms with Crippen molar-refractivity contribution in [2.75, 3.05) is 13.6 Å². The van der Waals surface area contributed by atoms with E-state index in [1.54, 1.807) is 12.1 Å². The molecule has 0 saturated heterocycles. The number of carbonyl (C=O) groups excluding carboxylic acids is 1. The third kappa shape index (κ3) is 6.60. The lowest BCUT2D eigenvalue weighted by Gasteiger charge is -2.22. The summed E-state index contributed by atoms with van der Waals surface area (Å²) in [6, 6.07) is 15.4. The molecule has 1 amide bonds. The molecule has 0 saturated carbocycles. The predicted octanol–water partition coefficient (Wildman–Crippen LogP) is 3.76. The summed E-state index contributed by atoms with van der Waals surface area (Å²) in [5, 5.41) is 3.31. The van der Waals surface area contributed by atoms with Crippen molar-refractivity contribution in [2.45, 2.75) is 20.0 Å². The Hall–Kier alpha value is -1.61. The van der Waals surface area contributed by atoms with Gasteiger partial charge >= 0.3 is 0 Å². The molecule has 0 heterocycles. The van der Waals surface area contributed by atoms with Crippen molar-refractivity contribution in [3.05, 3.63) is 69.7 Å². The molecule has 0 bridgehead atoms. The molecule has 0 aromatic heterocycles. The van der Waals surface area contributed by atoms with E-state index in [9.17, 15) is 4.79 Å². The third-order valence-electron chi connectivity index (χ3n) is 3.71.